The molecule has 0 heteroatoms. The van der Waals surface area contributed by atoms with E-state index in [0.717, 1.165) is 0 Å². The molecule has 0 N–H and O–H groups in total. The van der Waals surface area contributed by atoms with Crippen molar-refractivity contribution in [1.82, 2.24) is 0 Å². The predicted octanol–water partition coefficient (Wildman–Crippen LogP) is 5.52. The average Bonchev–Trinajstić information content (AvgIpc) is 1.55. The van der Waals surface area contributed by atoms with Gasteiger partial charge in [0.25, 0.3) is 0 Å². The lowest BCUT2D eigenvalue weighted by Crippen LogP contribution is -2.09. The molecule has 0 saturated heterocycles. The maximum Gasteiger partial charge on any atom is -0.0383 e. The fourth-order valence-electron chi connectivity index (χ4n) is 1.15. The third-order valence-corrected chi connectivity index (χ3v) is 1.85. The topological polar surface area (TPSA) is 0 Å². The highest BCUT2D eigenvalue weighted by Gasteiger charge is 2.13. The van der Waals surface area contributed by atoms with Crippen LogP contribution in [0.2, 0.25) is 0 Å². The molecule has 13 heavy (non-hydrogen) atoms. The molecule has 0 aromatic carbocycles. The molecule has 0 amide bonds. The highest BCUT2D eigenvalue weighted by atomic mass is 14.2. The van der Waals surface area contributed by atoms with Gasteiger partial charge in [-0.15, -0.1) is 0 Å². The first kappa shape index (κ1) is 18.7. The quantitative estimate of drug-likeness (QED) is 0.535. The number of hydrogen-bond donors (Lipinski definition) is 0. The van der Waals surface area contributed by atoms with Gasteiger partial charge in [-0.3, -0.25) is 0 Å². The maximum absolute atomic E-state index is 2.32. The summed E-state index contributed by atoms with van der Waals surface area (Å²) in [4.78, 5) is 0. The van der Waals surface area contributed by atoms with E-state index in [-0.39, 0.29) is 14.9 Å². The van der Waals surface area contributed by atoms with Crippen LogP contribution in [0.15, 0.2) is 0 Å². The average molecular weight is 188 g/mol. The van der Waals surface area contributed by atoms with E-state index in [2.05, 4.69) is 41.5 Å². The van der Waals surface area contributed by atoms with E-state index in [0.29, 0.717) is 10.8 Å². The van der Waals surface area contributed by atoms with Gasteiger partial charge in [-0.25, -0.2) is 0 Å². The van der Waals surface area contributed by atoms with Crippen molar-refractivity contribution in [1.29, 1.82) is 0 Å². The Labute approximate surface area is 87.1 Å². The van der Waals surface area contributed by atoms with Crippen LogP contribution in [-0.2, 0) is 0 Å². The molecule has 0 heterocycles. The molecule has 84 valence electrons. The molecule has 0 radical (unpaired) electrons. The highest BCUT2D eigenvalue weighted by Crippen LogP contribution is 2.27. The predicted molar refractivity (Wildman–Crippen MR) is 66.2 cm³/mol. The van der Waals surface area contributed by atoms with Gasteiger partial charge < -0.3 is 0 Å². The maximum atomic E-state index is 2.32. The van der Waals surface area contributed by atoms with E-state index in [1.54, 1.807) is 0 Å². The minimum absolute atomic E-state index is 0. The largest absolute Gasteiger partial charge is 0.0776 e. The van der Waals surface area contributed by atoms with Crippen molar-refractivity contribution in [2.75, 3.05) is 0 Å². The van der Waals surface area contributed by atoms with Crippen molar-refractivity contribution in [3.05, 3.63) is 0 Å². The van der Waals surface area contributed by atoms with Crippen LogP contribution in [0.1, 0.15) is 75.7 Å². The van der Waals surface area contributed by atoms with Gasteiger partial charge in [0.05, 0.1) is 0 Å². The summed E-state index contributed by atoms with van der Waals surface area (Å²) >= 11 is 0. The lowest BCUT2D eigenvalue weighted by atomic mass is 9.84. The summed E-state index contributed by atoms with van der Waals surface area (Å²) in [5.41, 5.74) is 1.04. The highest BCUT2D eigenvalue weighted by molar-refractivity contribution is 4.66. The van der Waals surface area contributed by atoms with Crippen LogP contribution >= 0.6 is 0 Å². The fourth-order valence-corrected chi connectivity index (χ4v) is 1.15. The molecule has 0 aliphatic carbocycles. The van der Waals surface area contributed by atoms with E-state index in [1.165, 1.54) is 19.3 Å². The number of hydrogen-bond acceptors (Lipinski definition) is 0. The Morgan fingerprint density at radius 3 is 1.00 bits per heavy atom. The van der Waals surface area contributed by atoms with Crippen LogP contribution in [0.4, 0.5) is 0 Å². The van der Waals surface area contributed by atoms with Crippen molar-refractivity contribution in [2.45, 2.75) is 75.7 Å². The second-order valence-electron chi connectivity index (χ2n) is 5.97. The van der Waals surface area contributed by atoms with Crippen molar-refractivity contribution < 1.29 is 0 Å². The van der Waals surface area contributed by atoms with Crippen molar-refractivity contribution in [2.24, 2.45) is 10.8 Å². The Morgan fingerprint density at radius 2 is 0.846 bits per heavy atom. The summed E-state index contributed by atoms with van der Waals surface area (Å²) < 4.78 is 0. The van der Waals surface area contributed by atoms with Crippen LogP contribution < -0.4 is 0 Å². The lowest BCUT2D eigenvalue weighted by molar-refractivity contribution is 0.301. The van der Waals surface area contributed by atoms with Crippen molar-refractivity contribution >= 4 is 0 Å². The molecule has 0 aromatic heterocycles. The summed E-state index contributed by atoms with van der Waals surface area (Å²) in [5, 5.41) is 0. The molecule has 0 atom stereocenters. The van der Waals surface area contributed by atoms with Gasteiger partial charge in [0.15, 0.2) is 0 Å². The summed E-state index contributed by atoms with van der Waals surface area (Å²) in [6, 6.07) is 0. The lowest BCUT2D eigenvalue weighted by Gasteiger charge is -2.22. The number of rotatable bonds is 2. The third kappa shape index (κ3) is 18.8. The van der Waals surface area contributed by atoms with E-state index in [4.69, 9.17) is 0 Å². The van der Waals surface area contributed by atoms with Crippen LogP contribution in [-0.4, -0.2) is 0 Å². The zero-order valence-electron chi connectivity index (χ0n) is 9.12. The van der Waals surface area contributed by atoms with Gasteiger partial charge in [-0.2, -0.15) is 0 Å². The van der Waals surface area contributed by atoms with Crippen LogP contribution in [0, 0.1) is 10.8 Å². The molecule has 0 spiro atoms. The Morgan fingerprint density at radius 1 is 0.615 bits per heavy atom. The van der Waals surface area contributed by atoms with E-state index < -0.39 is 0 Å². The molecule has 0 unspecified atom stereocenters. The first-order valence-electron chi connectivity index (χ1n) is 4.71. The van der Waals surface area contributed by atoms with Gasteiger partial charge >= 0.3 is 0 Å². The minimum atomic E-state index is 0. The molecule has 0 aliphatic rings. The van der Waals surface area contributed by atoms with Crippen molar-refractivity contribution in [3.8, 4) is 0 Å². The first-order chi connectivity index (χ1) is 4.71. The molecule has 0 nitrogen and oxygen atoms in total. The minimum Gasteiger partial charge on any atom is -0.0776 e. The smallest absolute Gasteiger partial charge is 0.0383 e. The van der Waals surface area contributed by atoms with E-state index in [1.807, 2.05) is 0 Å². The molecule has 0 saturated carbocycles. The Hall–Kier alpha value is 0. The van der Waals surface area contributed by atoms with Gasteiger partial charge in [0.1, 0.15) is 0 Å². The molecule has 0 fully saturated rings. The standard InChI is InChI=1S/C11H24.2CH4/c1-10(2,3)8-7-9-11(4,5)6;;/h7-9H2,1-6H3;2*1H4. The van der Waals surface area contributed by atoms with Crippen molar-refractivity contribution in [3.63, 3.8) is 0 Å². The summed E-state index contributed by atoms with van der Waals surface area (Å²) in [6.07, 6.45) is 4.07. The Bertz CT molecular complexity index is 84.2. The molecule has 0 rings (SSSR count). The van der Waals surface area contributed by atoms with Crippen LogP contribution in [0.5, 0.6) is 0 Å². The fraction of sp³-hybridized carbons (Fsp3) is 1.00. The van der Waals surface area contributed by atoms with Crippen LogP contribution in [0.25, 0.3) is 0 Å². The molecule has 0 aromatic rings. The summed E-state index contributed by atoms with van der Waals surface area (Å²) in [6.45, 7) is 13.9. The second kappa shape index (κ2) is 6.45. The second-order valence-corrected chi connectivity index (χ2v) is 5.97. The van der Waals surface area contributed by atoms with E-state index in [9.17, 15) is 0 Å². The molecular formula is C13H32. The van der Waals surface area contributed by atoms with Gasteiger partial charge in [0.2, 0.25) is 0 Å². The molecule has 0 aliphatic heterocycles. The molecule has 0 bridgehead atoms. The SMILES string of the molecule is C.C.CC(C)(C)CCCC(C)(C)C. The van der Waals surface area contributed by atoms with E-state index >= 15 is 0 Å². The first-order valence-corrected chi connectivity index (χ1v) is 4.71. The third-order valence-electron chi connectivity index (χ3n) is 1.85. The Balaban J connectivity index is -0.000000500. The zero-order valence-corrected chi connectivity index (χ0v) is 9.12. The molecular weight excluding hydrogens is 156 g/mol. The van der Waals surface area contributed by atoms with Gasteiger partial charge in [-0.1, -0.05) is 62.8 Å². The van der Waals surface area contributed by atoms with Gasteiger partial charge in [-0.05, 0) is 23.7 Å². The Kier molecular flexibility index (Phi) is 9.29. The summed E-state index contributed by atoms with van der Waals surface area (Å²) in [7, 11) is 0. The normalized spacial score (nSPS) is 11.5. The zero-order chi connectivity index (χ0) is 9.12. The van der Waals surface area contributed by atoms with Crippen LogP contribution in [0.3, 0.4) is 0 Å². The van der Waals surface area contributed by atoms with Gasteiger partial charge in [0, 0.05) is 0 Å². The monoisotopic (exact) mass is 188 g/mol. The summed E-state index contributed by atoms with van der Waals surface area (Å²) in [5.74, 6) is 0.